The number of halogens is 1. The number of ether oxygens (including phenoxy) is 1. The highest BCUT2D eigenvalue weighted by Gasteiger charge is 2.11. The number of aliphatic hydroxyl groups is 1. The molecular weight excluding hydrogens is 310 g/mol. The van der Waals surface area contributed by atoms with E-state index in [0.29, 0.717) is 12.2 Å². The molecule has 19 heavy (non-hydrogen) atoms. The van der Waals surface area contributed by atoms with E-state index in [1.54, 1.807) is 7.11 Å². The molecule has 1 rings (SSSR count). The zero-order chi connectivity index (χ0) is 14.3. The lowest BCUT2D eigenvalue weighted by molar-refractivity contribution is -0.121. The van der Waals surface area contributed by atoms with Gasteiger partial charge in [-0.25, -0.2) is 0 Å². The molecule has 4 nitrogen and oxygen atoms in total. The van der Waals surface area contributed by atoms with Crippen LogP contribution in [0.25, 0.3) is 0 Å². The maximum atomic E-state index is 11.9. The predicted molar refractivity (Wildman–Crippen MR) is 78.3 cm³/mol. The first kappa shape index (κ1) is 16.0. The Morgan fingerprint density at radius 1 is 1.53 bits per heavy atom. The number of rotatable bonds is 7. The largest absolute Gasteiger partial charge is 0.496 e. The van der Waals surface area contributed by atoms with E-state index in [0.717, 1.165) is 16.5 Å². The van der Waals surface area contributed by atoms with Crippen LogP contribution in [0.15, 0.2) is 22.7 Å². The van der Waals surface area contributed by atoms with Gasteiger partial charge in [0.15, 0.2) is 0 Å². The summed E-state index contributed by atoms with van der Waals surface area (Å²) in [6.07, 6.45) is 1.76. The summed E-state index contributed by atoms with van der Waals surface area (Å²) in [4.78, 5) is 11.9. The molecule has 0 spiro atoms. The number of hydrogen-bond donors (Lipinski definition) is 2. The van der Waals surface area contributed by atoms with E-state index >= 15 is 0 Å². The van der Waals surface area contributed by atoms with Crippen molar-refractivity contribution in [2.24, 2.45) is 0 Å². The third-order valence-corrected chi connectivity index (χ3v) is 3.29. The van der Waals surface area contributed by atoms with Crippen LogP contribution in [0.2, 0.25) is 0 Å². The van der Waals surface area contributed by atoms with Crippen molar-refractivity contribution >= 4 is 21.8 Å². The molecule has 1 aromatic rings. The van der Waals surface area contributed by atoms with Crippen molar-refractivity contribution in [3.05, 3.63) is 28.2 Å². The van der Waals surface area contributed by atoms with Gasteiger partial charge in [0.25, 0.3) is 0 Å². The number of carbonyl (C=O) groups excluding carboxylic acids is 1. The van der Waals surface area contributed by atoms with Crippen LogP contribution in [0.4, 0.5) is 0 Å². The number of methoxy groups -OCH3 is 1. The van der Waals surface area contributed by atoms with Gasteiger partial charge < -0.3 is 15.2 Å². The number of carbonyl (C=O) groups is 1. The molecule has 106 valence electrons. The van der Waals surface area contributed by atoms with Gasteiger partial charge in [-0.15, -0.1) is 0 Å². The average Bonchev–Trinajstić information content (AvgIpc) is 2.36. The van der Waals surface area contributed by atoms with Crippen LogP contribution < -0.4 is 10.1 Å². The summed E-state index contributed by atoms with van der Waals surface area (Å²) >= 11 is 3.39. The third-order valence-electron chi connectivity index (χ3n) is 2.80. The summed E-state index contributed by atoms with van der Waals surface area (Å²) in [5.41, 5.74) is 0.851. The molecule has 1 amide bonds. The van der Waals surface area contributed by atoms with Crippen molar-refractivity contribution in [2.45, 2.75) is 32.2 Å². The molecule has 0 aliphatic carbocycles. The molecule has 5 heteroatoms. The molecule has 0 fully saturated rings. The van der Waals surface area contributed by atoms with Gasteiger partial charge in [0.05, 0.1) is 13.5 Å². The van der Waals surface area contributed by atoms with Crippen LogP contribution in [-0.2, 0) is 11.2 Å². The molecule has 1 unspecified atom stereocenters. The SMILES string of the molecule is COc1ccc(Br)cc1CC(=O)NC(C)CCCO. The van der Waals surface area contributed by atoms with Crippen LogP contribution in [0, 0.1) is 0 Å². The minimum atomic E-state index is -0.0400. The fourth-order valence-electron chi connectivity index (χ4n) is 1.85. The summed E-state index contributed by atoms with van der Waals surface area (Å²) < 4.78 is 6.16. The van der Waals surface area contributed by atoms with E-state index in [9.17, 15) is 4.79 Å². The molecule has 0 radical (unpaired) electrons. The number of amides is 1. The molecular formula is C14H20BrNO3. The van der Waals surface area contributed by atoms with Crippen molar-refractivity contribution in [2.75, 3.05) is 13.7 Å². The lowest BCUT2D eigenvalue weighted by Crippen LogP contribution is -2.33. The van der Waals surface area contributed by atoms with Crippen LogP contribution in [-0.4, -0.2) is 30.8 Å². The van der Waals surface area contributed by atoms with Crippen LogP contribution in [0.5, 0.6) is 5.75 Å². The van der Waals surface area contributed by atoms with E-state index in [1.165, 1.54) is 0 Å². The fraction of sp³-hybridized carbons (Fsp3) is 0.500. The van der Waals surface area contributed by atoms with Gasteiger partial charge in [0, 0.05) is 22.7 Å². The van der Waals surface area contributed by atoms with E-state index in [4.69, 9.17) is 9.84 Å². The molecule has 2 N–H and O–H groups in total. The Balaban J connectivity index is 2.59. The van der Waals surface area contributed by atoms with E-state index in [2.05, 4.69) is 21.2 Å². The standard InChI is InChI=1S/C14H20BrNO3/c1-10(4-3-7-17)16-14(18)9-11-8-12(15)5-6-13(11)19-2/h5-6,8,10,17H,3-4,7,9H2,1-2H3,(H,16,18). The Bertz CT molecular complexity index is 423. The summed E-state index contributed by atoms with van der Waals surface area (Å²) in [6.45, 7) is 2.09. The number of nitrogens with one attached hydrogen (secondary N) is 1. The smallest absolute Gasteiger partial charge is 0.224 e. The third kappa shape index (κ3) is 5.61. The maximum absolute atomic E-state index is 11.9. The Kier molecular flexibility index (Phi) is 6.87. The van der Waals surface area contributed by atoms with Crippen LogP contribution >= 0.6 is 15.9 Å². The number of aliphatic hydroxyl groups excluding tert-OH is 1. The molecule has 0 saturated carbocycles. The van der Waals surface area contributed by atoms with Crippen molar-refractivity contribution < 1.29 is 14.6 Å². The molecule has 0 aliphatic heterocycles. The van der Waals surface area contributed by atoms with Crippen molar-refractivity contribution in [1.29, 1.82) is 0 Å². The second kappa shape index (κ2) is 8.17. The monoisotopic (exact) mass is 329 g/mol. The van der Waals surface area contributed by atoms with E-state index in [-0.39, 0.29) is 25.0 Å². The molecule has 1 aromatic carbocycles. The Labute approximate surface area is 122 Å². The number of benzene rings is 1. The summed E-state index contributed by atoms with van der Waals surface area (Å²) in [5.74, 6) is 0.670. The van der Waals surface area contributed by atoms with Gasteiger partial charge >= 0.3 is 0 Å². The Hall–Kier alpha value is -1.07. The van der Waals surface area contributed by atoms with Gasteiger partial charge in [-0.2, -0.15) is 0 Å². The topological polar surface area (TPSA) is 58.6 Å². The van der Waals surface area contributed by atoms with E-state index in [1.807, 2.05) is 25.1 Å². The van der Waals surface area contributed by atoms with Gasteiger partial charge in [-0.3, -0.25) is 4.79 Å². The second-order valence-electron chi connectivity index (χ2n) is 4.47. The lowest BCUT2D eigenvalue weighted by Gasteiger charge is -2.14. The first-order chi connectivity index (χ1) is 9.06. The second-order valence-corrected chi connectivity index (χ2v) is 5.38. The molecule has 0 bridgehead atoms. The quantitative estimate of drug-likeness (QED) is 0.806. The van der Waals surface area contributed by atoms with Crippen molar-refractivity contribution in [3.63, 3.8) is 0 Å². The first-order valence-corrected chi connectivity index (χ1v) is 7.08. The summed E-state index contributed by atoms with van der Waals surface area (Å²) in [5, 5.41) is 11.7. The van der Waals surface area contributed by atoms with Crippen molar-refractivity contribution in [1.82, 2.24) is 5.32 Å². The summed E-state index contributed by atoms with van der Waals surface area (Å²) in [7, 11) is 1.59. The summed E-state index contributed by atoms with van der Waals surface area (Å²) in [6, 6.07) is 5.67. The predicted octanol–water partition coefficient (Wildman–Crippen LogP) is 2.28. The van der Waals surface area contributed by atoms with Crippen LogP contribution in [0.1, 0.15) is 25.3 Å². The van der Waals surface area contributed by atoms with Gasteiger partial charge in [0.2, 0.25) is 5.91 Å². The van der Waals surface area contributed by atoms with Crippen molar-refractivity contribution in [3.8, 4) is 5.75 Å². The van der Waals surface area contributed by atoms with Gasteiger partial charge in [0.1, 0.15) is 5.75 Å². The normalized spacial score (nSPS) is 12.0. The Morgan fingerprint density at radius 3 is 2.89 bits per heavy atom. The molecule has 1 atom stereocenters. The zero-order valence-corrected chi connectivity index (χ0v) is 12.9. The highest BCUT2D eigenvalue weighted by molar-refractivity contribution is 9.10. The number of hydrogen-bond acceptors (Lipinski definition) is 3. The zero-order valence-electron chi connectivity index (χ0n) is 11.3. The molecule has 0 aliphatic rings. The van der Waals surface area contributed by atoms with E-state index < -0.39 is 0 Å². The molecule has 0 saturated heterocycles. The Morgan fingerprint density at radius 2 is 2.26 bits per heavy atom. The lowest BCUT2D eigenvalue weighted by atomic mass is 10.1. The highest BCUT2D eigenvalue weighted by Crippen LogP contribution is 2.23. The fourth-order valence-corrected chi connectivity index (χ4v) is 2.26. The molecule has 0 aromatic heterocycles. The minimum absolute atomic E-state index is 0.0400. The maximum Gasteiger partial charge on any atom is 0.224 e. The van der Waals surface area contributed by atoms with Gasteiger partial charge in [-0.05, 0) is 38.0 Å². The first-order valence-electron chi connectivity index (χ1n) is 6.29. The van der Waals surface area contributed by atoms with Crippen LogP contribution in [0.3, 0.4) is 0 Å². The van der Waals surface area contributed by atoms with Gasteiger partial charge in [-0.1, -0.05) is 15.9 Å². The highest BCUT2D eigenvalue weighted by atomic mass is 79.9. The average molecular weight is 330 g/mol. The minimum Gasteiger partial charge on any atom is -0.496 e. The molecule has 0 heterocycles.